The Bertz CT molecular complexity index is 692. The molecule has 4 heteroatoms. The van der Waals surface area contributed by atoms with Crippen molar-refractivity contribution in [3.63, 3.8) is 0 Å². The second kappa shape index (κ2) is 4.72. The van der Waals surface area contributed by atoms with Crippen molar-refractivity contribution >= 4 is 22.6 Å². The Morgan fingerprint density at radius 3 is 2.52 bits per heavy atom. The lowest BCUT2D eigenvalue weighted by atomic mass is 10.0. The summed E-state index contributed by atoms with van der Waals surface area (Å²) in [7, 11) is 0. The molecule has 0 radical (unpaired) electrons. The number of nitrogen functional groups attached to an aromatic ring is 1. The molecule has 2 fully saturated rings. The number of para-hydroxylation sites is 1. The van der Waals surface area contributed by atoms with Gasteiger partial charge in [-0.3, -0.25) is 4.79 Å². The highest BCUT2D eigenvalue weighted by Gasteiger charge is 2.42. The minimum atomic E-state index is -0.0101. The average Bonchev–Trinajstić information content (AvgIpc) is 3.37. The van der Waals surface area contributed by atoms with E-state index in [1.165, 1.54) is 25.7 Å². The Morgan fingerprint density at radius 1 is 1.19 bits per heavy atom. The Kier molecular flexibility index (Phi) is 2.84. The van der Waals surface area contributed by atoms with Gasteiger partial charge in [0.1, 0.15) is 5.82 Å². The summed E-state index contributed by atoms with van der Waals surface area (Å²) in [5.74, 6) is 1.76. The number of nitrogens with zero attached hydrogens (tertiary/aromatic N) is 1. The molecule has 21 heavy (non-hydrogen) atoms. The average molecular weight is 281 g/mol. The topological polar surface area (TPSA) is 68.0 Å². The van der Waals surface area contributed by atoms with Gasteiger partial charge in [0.25, 0.3) is 5.91 Å². The largest absolute Gasteiger partial charge is 0.384 e. The standard InChI is InChI=1S/C17H19N3O/c18-15-9-13(12-3-1-2-4-14(12)19-15)17(21)20-16(10-5-6-10)11-7-8-11/h1-4,9-11,16H,5-8H2,(H2,18,19)(H,20,21). The first-order chi connectivity index (χ1) is 10.2. The molecule has 4 nitrogen and oxygen atoms in total. The van der Waals surface area contributed by atoms with Crippen LogP contribution in [0.4, 0.5) is 5.82 Å². The van der Waals surface area contributed by atoms with Crippen molar-refractivity contribution in [3.8, 4) is 0 Å². The van der Waals surface area contributed by atoms with Crippen molar-refractivity contribution < 1.29 is 4.79 Å². The predicted octanol–water partition coefficient (Wildman–Crippen LogP) is 2.74. The number of pyridine rings is 1. The van der Waals surface area contributed by atoms with E-state index >= 15 is 0 Å². The highest BCUT2D eigenvalue weighted by Crippen LogP contribution is 2.44. The molecule has 4 rings (SSSR count). The van der Waals surface area contributed by atoms with Crippen molar-refractivity contribution in [2.24, 2.45) is 11.8 Å². The number of aromatic nitrogens is 1. The summed E-state index contributed by atoms with van der Waals surface area (Å²) in [6.45, 7) is 0. The van der Waals surface area contributed by atoms with Crippen LogP contribution in [-0.2, 0) is 0 Å². The Hall–Kier alpha value is -2.10. The van der Waals surface area contributed by atoms with E-state index < -0.39 is 0 Å². The van der Waals surface area contributed by atoms with Gasteiger partial charge in [-0.05, 0) is 49.7 Å². The summed E-state index contributed by atoms with van der Waals surface area (Å²) in [6, 6.07) is 9.70. The van der Waals surface area contributed by atoms with Crippen LogP contribution in [0.15, 0.2) is 30.3 Å². The third kappa shape index (κ3) is 2.46. The maximum atomic E-state index is 12.7. The summed E-state index contributed by atoms with van der Waals surface area (Å²) in [6.07, 6.45) is 5.00. The minimum absolute atomic E-state index is 0.0101. The molecule has 0 atom stereocenters. The van der Waals surface area contributed by atoms with Crippen LogP contribution >= 0.6 is 0 Å². The van der Waals surface area contributed by atoms with Gasteiger partial charge in [-0.1, -0.05) is 18.2 Å². The lowest BCUT2D eigenvalue weighted by Gasteiger charge is -2.18. The van der Waals surface area contributed by atoms with Crippen LogP contribution in [0, 0.1) is 11.8 Å². The molecule has 0 spiro atoms. The van der Waals surface area contributed by atoms with E-state index in [-0.39, 0.29) is 5.91 Å². The van der Waals surface area contributed by atoms with E-state index in [4.69, 9.17) is 5.73 Å². The minimum Gasteiger partial charge on any atom is -0.384 e. The zero-order valence-corrected chi connectivity index (χ0v) is 11.9. The number of carbonyl (C=O) groups excluding carboxylic acids is 1. The summed E-state index contributed by atoms with van der Waals surface area (Å²) in [4.78, 5) is 17.0. The molecule has 0 saturated heterocycles. The molecule has 1 aromatic carbocycles. The van der Waals surface area contributed by atoms with E-state index in [1.54, 1.807) is 6.07 Å². The number of rotatable bonds is 4. The van der Waals surface area contributed by atoms with E-state index in [9.17, 15) is 4.79 Å². The number of hydrogen-bond donors (Lipinski definition) is 2. The molecule has 0 aliphatic heterocycles. The van der Waals surface area contributed by atoms with Crippen LogP contribution in [-0.4, -0.2) is 16.9 Å². The van der Waals surface area contributed by atoms with Gasteiger partial charge in [-0.25, -0.2) is 4.98 Å². The SMILES string of the molecule is Nc1cc(C(=O)NC(C2CC2)C2CC2)c2ccccc2n1. The van der Waals surface area contributed by atoms with Gasteiger partial charge in [0.2, 0.25) is 0 Å². The van der Waals surface area contributed by atoms with Crippen LogP contribution < -0.4 is 11.1 Å². The molecule has 2 aliphatic rings. The van der Waals surface area contributed by atoms with E-state index in [0.29, 0.717) is 29.3 Å². The monoisotopic (exact) mass is 281 g/mol. The molecule has 2 aromatic rings. The number of benzene rings is 1. The van der Waals surface area contributed by atoms with Crippen molar-refractivity contribution in [1.82, 2.24) is 10.3 Å². The Labute approximate surface area is 123 Å². The van der Waals surface area contributed by atoms with Crippen LogP contribution in [0.2, 0.25) is 0 Å². The first-order valence-electron chi connectivity index (χ1n) is 7.68. The molecule has 0 unspecified atom stereocenters. The van der Waals surface area contributed by atoms with Crippen LogP contribution in [0.1, 0.15) is 36.0 Å². The van der Waals surface area contributed by atoms with Gasteiger partial charge in [0, 0.05) is 11.4 Å². The third-order valence-electron chi connectivity index (χ3n) is 4.54. The highest BCUT2D eigenvalue weighted by atomic mass is 16.1. The molecule has 0 bridgehead atoms. The molecule has 1 heterocycles. The van der Waals surface area contributed by atoms with Crippen molar-refractivity contribution in [2.75, 3.05) is 5.73 Å². The molecular weight excluding hydrogens is 262 g/mol. The second-order valence-electron chi connectivity index (χ2n) is 6.29. The second-order valence-corrected chi connectivity index (χ2v) is 6.29. The van der Waals surface area contributed by atoms with Crippen LogP contribution in [0.25, 0.3) is 10.9 Å². The molecule has 1 aromatic heterocycles. The quantitative estimate of drug-likeness (QED) is 0.905. The van der Waals surface area contributed by atoms with Gasteiger partial charge < -0.3 is 11.1 Å². The van der Waals surface area contributed by atoms with Crippen LogP contribution in [0.5, 0.6) is 0 Å². The molecule has 3 N–H and O–H groups in total. The molecule has 2 saturated carbocycles. The maximum Gasteiger partial charge on any atom is 0.252 e. The molecule has 1 amide bonds. The molecule has 108 valence electrons. The first-order valence-corrected chi connectivity index (χ1v) is 7.68. The van der Waals surface area contributed by atoms with E-state index in [0.717, 1.165) is 10.9 Å². The number of anilines is 1. The van der Waals surface area contributed by atoms with Crippen molar-refractivity contribution in [1.29, 1.82) is 0 Å². The Balaban J connectivity index is 1.67. The fraction of sp³-hybridized carbons (Fsp3) is 0.412. The zero-order chi connectivity index (χ0) is 14.4. The smallest absolute Gasteiger partial charge is 0.252 e. The van der Waals surface area contributed by atoms with Crippen LogP contribution in [0.3, 0.4) is 0 Å². The first kappa shape index (κ1) is 12.6. The summed E-state index contributed by atoms with van der Waals surface area (Å²) >= 11 is 0. The van der Waals surface area contributed by atoms with Crippen molar-refractivity contribution in [2.45, 2.75) is 31.7 Å². The van der Waals surface area contributed by atoms with Gasteiger partial charge >= 0.3 is 0 Å². The van der Waals surface area contributed by atoms with Gasteiger partial charge in [-0.2, -0.15) is 0 Å². The van der Waals surface area contributed by atoms with Gasteiger partial charge in [0.15, 0.2) is 0 Å². The van der Waals surface area contributed by atoms with E-state index in [2.05, 4.69) is 10.3 Å². The lowest BCUT2D eigenvalue weighted by Crippen LogP contribution is -2.38. The highest BCUT2D eigenvalue weighted by molar-refractivity contribution is 6.07. The molecular formula is C17H19N3O. The van der Waals surface area contributed by atoms with Gasteiger partial charge in [0.05, 0.1) is 11.1 Å². The fourth-order valence-corrected chi connectivity index (χ4v) is 3.14. The Morgan fingerprint density at radius 2 is 1.86 bits per heavy atom. The maximum absolute atomic E-state index is 12.7. The number of fused-ring (bicyclic) bond motifs is 1. The number of hydrogen-bond acceptors (Lipinski definition) is 3. The fourth-order valence-electron chi connectivity index (χ4n) is 3.14. The zero-order valence-electron chi connectivity index (χ0n) is 11.9. The third-order valence-corrected chi connectivity index (χ3v) is 4.54. The number of carbonyl (C=O) groups is 1. The van der Waals surface area contributed by atoms with Gasteiger partial charge in [-0.15, -0.1) is 0 Å². The van der Waals surface area contributed by atoms with Crippen molar-refractivity contribution in [3.05, 3.63) is 35.9 Å². The summed E-state index contributed by atoms with van der Waals surface area (Å²) < 4.78 is 0. The number of nitrogens with one attached hydrogen (secondary N) is 1. The lowest BCUT2D eigenvalue weighted by molar-refractivity contribution is 0.0928. The normalized spacial score (nSPS) is 18.1. The predicted molar refractivity (Wildman–Crippen MR) is 82.9 cm³/mol. The summed E-state index contributed by atoms with van der Waals surface area (Å²) in [5.41, 5.74) is 7.26. The summed E-state index contributed by atoms with van der Waals surface area (Å²) in [5, 5.41) is 4.12. The molecule has 2 aliphatic carbocycles. The number of nitrogens with two attached hydrogens (primary N) is 1. The number of amides is 1. The van der Waals surface area contributed by atoms with E-state index in [1.807, 2.05) is 24.3 Å².